The molecule has 0 radical (unpaired) electrons. The fourth-order valence-electron chi connectivity index (χ4n) is 2.16. The molecule has 2 amide bonds. The molecule has 0 heterocycles. The summed E-state index contributed by atoms with van der Waals surface area (Å²) in [4.78, 5) is 11.5. The number of nitrogens with one attached hydrogen (secondary N) is 2. The van der Waals surface area contributed by atoms with Gasteiger partial charge in [-0.15, -0.1) is 0 Å². The molecule has 5 nitrogen and oxygen atoms in total. The van der Waals surface area contributed by atoms with E-state index in [1.54, 1.807) is 25.2 Å². The maximum absolute atomic E-state index is 11.7. The molecule has 0 bridgehead atoms. The van der Waals surface area contributed by atoms with Crippen molar-refractivity contribution in [2.24, 2.45) is 0 Å². The minimum Gasteiger partial charge on any atom is -0.341 e. The maximum atomic E-state index is 11.7. The highest BCUT2D eigenvalue weighted by Gasteiger charge is 2.09. The van der Waals surface area contributed by atoms with Gasteiger partial charge in [0.05, 0.1) is 4.90 Å². The molecule has 0 spiro atoms. The Morgan fingerprint density at radius 2 is 1.95 bits per heavy atom. The molecule has 0 saturated heterocycles. The SMILES string of the molecule is CNC(=O)NCCc1cccc2ccc(S(C)(=O)=O)cc12. The predicted octanol–water partition coefficient (Wildman–Crippen LogP) is 1.71. The fourth-order valence-corrected chi connectivity index (χ4v) is 2.81. The van der Waals surface area contributed by atoms with Gasteiger partial charge in [0.15, 0.2) is 9.84 Å². The molecule has 0 unspecified atom stereocenters. The number of urea groups is 1. The Balaban J connectivity index is 2.33. The molecule has 0 atom stereocenters. The molecule has 112 valence electrons. The first-order chi connectivity index (χ1) is 9.91. The Morgan fingerprint density at radius 1 is 1.19 bits per heavy atom. The Morgan fingerprint density at radius 3 is 2.62 bits per heavy atom. The first kappa shape index (κ1) is 15.3. The highest BCUT2D eigenvalue weighted by Crippen LogP contribution is 2.23. The van der Waals surface area contributed by atoms with Crippen molar-refractivity contribution in [1.29, 1.82) is 0 Å². The summed E-state index contributed by atoms with van der Waals surface area (Å²) in [7, 11) is -1.67. The molecule has 0 aliphatic carbocycles. The van der Waals surface area contributed by atoms with Crippen LogP contribution in [0.1, 0.15) is 5.56 Å². The molecule has 2 N–H and O–H groups in total. The highest BCUT2D eigenvalue weighted by molar-refractivity contribution is 7.90. The van der Waals surface area contributed by atoms with Gasteiger partial charge < -0.3 is 10.6 Å². The van der Waals surface area contributed by atoms with Gasteiger partial charge in [0.1, 0.15) is 0 Å². The largest absolute Gasteiger partial charge is 0.341 e. The van der Waals surface area contributed by atoms with Crippen LogP contribution in [0, 0.1) is 0 Å². The number of benzene rings is 2. The van der Waals surface area contributed by atoms with Crippen molar-refractivity contribution in [1.82, 2.24) is 10.6 Å². The van der Waals surface area contributed by atoms with Gasteiger partial charge in [0, 0.05) is 19.8 Å². The molecule has 21 heavy (non-hydrogen) atoms. The van der Waals surface area contributed by atoms with Crippen LogP contribution in [0.3, 0.4) is 0 Å². The van der Waals surface area contributed by atoms with Crippen molar-refractivity contribution in [2.45, 2.75) is 11.3 Å². The average Bonchev–Trinajstić information content (AvgIpc) is 2.45. The maximum Gasteiger partial charge on any atom is 0.314 e. The second-order valence-electron chi connectivity index (χ2n) is 4.83. The number of carbonyl (C=O) groups excluding carboxylic acids is 1. The Kier molecular flexibility index (Phi) is 4.47. The van der Waals surface area contributed by atoms with Gasteiger partial charge in [-0.1, -0.05) is 24.3 Å². The summed E-state index contributed by atoms with van der Waals surface area (Å²) in [6.45, 7) is 0.488. The second kappa shape index (κ2) is 6.13. The molecule has 0 saturated carbocycles. The van der Waals surface area contributed by atoms with Crippen molar-refractivity contribution in [3.8, 4) is 0 Å². The van der Waals surface area contributed by atoms with Crippen LogP contribution in [0.25, 0.3) is 10.8 Å². The van der Waals surface area contributed by atoms with Crippen LogP contribution in [0.4, 0.5) is 4.79 Å². The number of rotatable bonds is 4. The summed E-state index contributed by atoms with van der Waals surface area (Å²) in [5.74, 6) is 0. The van der Waals surface area contributed by atoms with Crippen molar-refractivity contribution in [3.63, 3.8) is 0 Å². The Labute approximate surface area is 124 Å². The summed E-state index contributed by atoms with van der Waals surface area (Å²) in [6, 6.07) is 10.7. The number of amides is 2. The van der Waals surface area contributed by atoms with Crippen molar-refractivity contribution < 1.29 is 13.2 Å². The van der Waals surface area contributed by atoms with E-state index in [4.69, 9.17) is 0 Å². The smallest absolute Gasteiger partial charge is 0.314 e. The first-order valence-corrected chi connectivity index (χ1v) is 8.48. The molecule has 0 aliphatic heterocycles. The lowest BCUT2D eigenvalue weighted by Crippen LogP contribution is -2.34. The van der Waals surface area contributed by atoms with Crippen LogP contribution in [0.2, 0.25) is 0 Å². The number of hydrogen-bond acceptors (Lipinski definition) is 3. The molecular weight excluding hydrogens is 288 g/mol. The van der Waals surface area contributed by atoms with Gasteiger partial charge in [-0.2, -0.15) is 0 Å². The number of hydrogen-bond donors (Lipinski definition) is 2. The third kappa shape index (κ3) is 3.72. The van der Waals surface area contributed by atoms with Crippen LogP contribution >= 0.6 is 0 Å². The molecule has 2 rings (SSSR count). The predicted molar refractivity (Wildman–Crippen MR) is 83.2 cm³/mol. The fraction of sp³-hybridized carbons (Fsp3) is 0.267. The third-order valence-corrected chi connectivity index (χ3v) is 4.39. The molecule has 6 heteroatoms. The highest BCUT2D eigenvalue weighted by atomic mass is 32.2. The average molecular weight is 306 g/mol. The van der Waals surface area contributed by atoms with E-state index in [2.05, 4.69) is 10.6 Å². The van der Waals surface area contributed by atoms with Crippen LogP contribution in [-0.4, -0.2) is 34.3 Å². The molecular formula is C15H18N2O3S. The van der Waals surface area contributed by atoms with E-state index in [0.717, 1.165) is 16.3 Å². The number of fused-ring (bicyclic) bond motifs is 1. The first-order valence-electron chi connectivity index (χ1n) is 6.59. The lowest BCUT2D eigenvalue weighted by molar-refractivity contribution is 0.243. The van der Waals surface area contributed by atoms with E-state index >= 15 is 0 Å². The number of sulfone groups is 1. The minimum atomic E-state index is -3.23. The van der Waals surface area contributed by atoms with Gasteiger partial charge in [0.25, 0.3) is 0 Å². The van der Waals surface area contributed by atoms with E-state index < -0.39 is 9.84 Å². The van der Waals surface area contributed by atoms with Crippen molar-refractivity contribution in [2.75, 3.05) is 19.8 Å². The molecule has 0 aromatic heterocycles. The summed E-state index contributed by atoms with van der Waals surface area (Å²) >= 11 is 0. The van der Waals surface area contributed by atoms with Gasteiger partial charge in [-0.3, -0.25) is 0 Å². The van der Waals surface area contributed by atoms with Crippen molar-refractivity contribution >= 4 is 26.6 Å². The van der Waals surface area contributed by atoms with Gasteiger partial charge in [0.2, 0.25) is 0 Å². The zero-order valence-corrected chi connectivity index (χ0v) is 12.8. The summed E-state index contributed by atoms with van der Waals surface area (Å²) in [5.41, 5.74) is 1.01. The summed E-state index contributed by atoms with van der Waals surface area (Å²) in [5, 5.41) is 7.10. The molecule has 2 aromatic rings. The van der Waals surface area contributed by atoms with Gasteiger partial charge >= 0.3 is 6.03 Å². The summed E-state index contributed by atoms with van der Waals surface area (Å²) in [6.07, 6.45) is 1.84. The Bertz CT molecular complexity index is 770. The van der Waals surface area contributed by atoms with Gasteiger partial charge in [-0.05, 0) is 34.9 Å². The van der Waals surface area contributed by atoms with Crippen LogP contribution in [0.15, 0.2) is 41.3 Å². The molecule has 0 fully saturated rings. The third-order valence-electron chi connectivity index (χ3n) is 3.28. The zero-order chi connectivity index (χ0) is 15.5. The Hall–Kier alpha value is -2.08. The lowest BCUT2D eigenvalue weighted by atomic mass is 10.0. The second-order valence-corrected chi connectivity index (χ2v) is 6.84. The lowest BCUT2D eigenvalue weighted by Gasteiger charge is -2.09. The van der Waals surface area contributed by atoms with E-state index in [1.807, 2.05) is 18.2 Å². The van der Waals surface area contributed by atoms with E-state index in [1.165, 1.54) is 6.26 Å². The molecule has 2 aromatic carbocycles. The van der Waals surface area contributed by atoms with Crippen molar-refractivity contribution in [3.05, 3.63) is 42.0 Å². The van der Waals surface area contributed by atoms with Gasteiger partial charge in [-0.25, -0.2) is 13.2 Å². The minimum absolute atomic E-state index is 0.230. The normalized spacial score (nSPS) is 11.3. The standard InChI is InChI=1S/C15H18N2O3S/c1-16-15(18)17-9-8-12-5-3-4-11-6-7-13(10-14(11)12)21(2,19)20/h3-7,10H,8-9H2,1-2H3,(H2,16,17,18). The topological polar surface area (TPSA) is 75.3 Å². The van der Waals surface area contributed by atoms with E-state index in [9.17, 15) is 13.2 Å². The van der Waals surface area contributed by atoms with Crippen LogP contribution in [0.5, 0.6) is 0 Å². The summed E-state index contributed by atoms with van der Waals surface area (Å²) < 4.78 is 23.3. The molecule has 0 aliphatic rings. The van der Waals surface area contributed by atoms with Crippen LogP contribution in [-0.2, 0) is 16.3 Å². The van der Waals surface area contributed by atoms with E-state index in [0.29, 0.717) is 17.9 Å². The van der Waals surface area contributed by atoms with E-state index in [-0.39, 0.29) is 6.03 Å². The van der Waals surface area contributed by atoms with Crippen LogP contribution < -0.4 is 10.6 Å². The zero-order valence-electron chi connectivity index (χ0n) is 12.0. The number of carbonyl (C=O) groups is 1. The quantitative estimate of drug-likeness (QED) is 0.903. The monoisotopic (exact) mass is 306 g/mol.